The molecule has 11 heteroatoms. The zero-order valence-corrected chi connectivity index (χ0v) is 22.3. The molecule has 7 nitrogen and oxygen atoms in total. The first-order chi connectivity index (χ1) is 16.0. The summed E-state index contributed by atoms with van der Waals surface area (Å²) in [4.78, 5) is 27.2. The average molecular weight is 549 g/mol. The number of benzene rings is 2. The fourth-order valence-corrected chi connectivity index (χ4v) is 4.94. The number of nitrogens with zero attached hydrogens (tertiary/aromatic N) is 2. The van der Waals surface area contributed by atoms with E-state index in [1.54, 1.807) is 42.5 Å². The van der Waals surface area contributed by atoms with Crippen LogP contribution in [0.5, 0.6) is 0 Å². The molecule has 0 aliphatic heterocycles. The van der Waals surface area contributed by atoms with Gasteiger partial charge in [0.2, 0.25) is 21.8 Å². The van der Waals surface area contributed by atoms with Crippen LogP contribution in [0, 0.1) is 0 Å². The number of halogens is 3. The molecule has 2 aromatic carbocycles. The third-order valence-corrected chi connectivity index (χ3v) is 7.42. The second-order valence-corrected chi connectivity index (χ2v) is 10.9. The molecule has 1 atom stereocenters. The van der Waals surface area contributed by atoms with Crippen LogP contribution in [0.4, 0.5) is 5.69 Å². The maximum Gasteiger partial charge on any atom is 0.242 e. The van der Waals surface area contributed by atoms with Crippen LogP contribution in [0.3, 0.4) is 0 Å². The number of hydrogen-bond acceptors (Lipinski definition) is 4. The van der Waals surface area contributed by atoms with Gasteiger partial charge in [0.15, 0.2) is 0 Å². The van der Waals surface area contributed by atoms with Crippen molar-refractivity contribution in [3.63, 3.8) is 0 Å². The van der Waals surface area contributed by atoms with Gasteiger partial charge in [0.25, 0.3) is 0 Å². The summed E-state index contributed by atoms with van der Waals surface area (Å²) in [5.74, 6) is -0.555. The van der Waals surface area contributed by atoms with Crippen molar-refractivity contribution >= 4 is 62.3 Å². The fourth-order valence-electron chi connectivity index (χ4n) is 3.53. The van der Waals surface area contributed by atoms with Crippen LogP contribution in [0.15, 0.2) is 42.5 Å². The largest absolute Gasteiger partial charge is 0.357 e. The van der Waals surface area contributed by atoms with Crippen molar-refractivity contribution < 1.29 is 18.0 Å². The first kappa shape index (κ1) is 28.2. The van der Waals surface area contributed by atoms with Crippen LogP contribution in [0.1, 0.15) is 31.7 Å². The molecular formula is C23H28Cl3N3O4S. The maximum atomic E-state index is 13.2. The summed E-state index contributed by atoms with van der Waals surface area (Å²) in [5, 5.41) is 3.84. The summed E-state index contributed by atoms with van der Waals surface area (Å²) in [7, 11) is -2.05. The first-order valence-electron chi connectivity index (χ1n) is 10.7. The Balaban J connectivity index is 2.20. The molecule has 0 saturated carbocycles. The highest BCUT2D eigenvalue weighted by Crippen LogP contribution is 2.25. The minimum absolute atomic E-state index is 0.0500. The molecule has 2 rings (SSSR count). The number of rotatable bonds is 11. The van der Waals surface area contributed by atoms with Crippen molar-refractivity contribution in [3.05, 3.63) is 63.1 Å². The van der Waals surface area contributed by atoms with Gasteiger partial charge in [0.05, 0.1) is 22.0 Å². The molecule has 0 spiro atoms. The van der Waals surface area contributed by atoms with Crippen molar-refractivity contribution in [2.45, 2.75) is 38.8 Å². The van der Waals surface area contributed by atoms with Gasteiger partial charge in [-0.2, -0.15) is 0 Å². The number of sulfonamides is 1. The van der Waals surface area contributed by atoms with Gasteiger partial charge in [0.1, 0.15) is 6.04 Å². The molecule has 0 saturated heterocycles. The summed E-state index contributed by atoms with van der Waals surface area (Å²) in [6.07, 6.45) is 1.83. The standard InChI is InChI=1S/C23H28Cl3N3O4S/c1-4-21(23(31)27-2)28(15-16-7-12-19(25)20(26)14-16)22(30)6-5-13-29(34(3,32)33)18-10-8-17(24)9-11-18/h7-12,14,21H,4-6,13,15H2,1-3H3,(H,27,31)/t21-/m1/s1. The molecule has 34 heavy (non-hydrogen) atoms. The smallest absolute Gasteiger partial charge is 0.242 e. The number of carbonyl (C=O) groups excluding carboxylic acids is 2. The second-order valence-electron chi connectivity index (χ2n) is 7.72. The fraction of sp³-hybridized carbons (Fsp3) is 0.391. The lowest BCUT2D eigenvalue weighted by Crippen LogP contribution is -2.48. The highest BCUT2D eigenvalue weighted by Gasteiger charge is 2.28. The Hall–Kier alpha value is -2.00. The van der Waals surface area contributed by atoms with Gasteiger partial charge in [-0.3, -0.25) is 13.9 Å². The third-order valence-electron chi connectivity index (χ3n) is 5.24. The van der Waals surface area contributed by atoms with Crippen LogP contribution < -0.4 is 9.62 Å². The van der Waals surface area contributed by atoms with E-state index in [4.69, 9.17) is 34.8 Å². The zero-order valence-electron chi connectivity index (χ0n) is 19.2. The average Bonchev–Trinajstić information content (AvgIpc) is 2.78. The Morgan fingerprint density at radius 3 is 2.21 bits per heavy atom. The van der Waals surface area contributed by atoms with Crippen LogP contribution in [0.25, 0.3) is 0 Å². The van der Waals surface area contributed by atoms with E-state index in [0.717, 1.165) is 11.8 Å². The zero-order chi connectivity index (χ0) is 25.5. The van der Waals surface area contributed by atoms with Crippen molar-refractivity contribution in [1.29, 1.82) is 0 Å². The number of likely N-dealkylation sites (N-methyl/N-ethyl adjacent to an activating group) is 1. The second kappa shape index (κ2) is 12.6. The van der Waals surface area contributed by atoms with E-state index in [1.165, 1.54) is 16.3 Å². The molecule has 2 amide bonds. The lowest BCUT2D eigenvalue weighted by atomic mass is 10.1. The molecular weight excluding hydrogens is 521 g/mol. The van der Waals surface area contributed by atoms with Gasteiger partial charge in [0, 0.05) is 31.6 Å². The van der Waals surface area contributed by atoms with E-state index in [1.807, 2.05) is 6.92 Å². The maximum absolute atomic E-state index is 13.2. The van der Waals surface area contributed by atoms with E-state index in [2.05, 4.69) is 5.32 Å². The molecule has 0 radical (unpaired) electrons. The summed E-state index contributed by atoms with van der Waals surface area (Å²) in [5.41, 5.74) is 1.19. The Morgan fingerprint density at radius 1 is 1.03 bits per heavy atom. The summed E-state index contributed by atoms with van der Waals surface area (Å²) in [6.45, 7) is 2.08. The van der Waals surface area contributed by atoms with Gasteiger partial charge < -0.3 is 10.2 Å². The van der Waals surface area contributed by atoms with Crippen LogP contribution in [-0.2, 0) is 26.2 Å². The molecule has 0 unspecified atom stereocenters. The topological polar surface area (TPSA) is 86.8 Å². The highest BCUT2D eigenvalue weighted by molar-refractivity contribution is 7.92. The normalized spacial score (nSPS) is 12.2. The lowest BCUT2D eigenvalue weighted by molar-refractivity contribution is -0.141. The van der Waals surface area contributed by atoms with E-state index in [9.17, 15) is 18.0 Å². The Morgan fingerprint density at radius 2 is 1.68 bits per heavy atom. The molecule has 186 valence electrons. The van der Waals surface area contributed by atoms with E-state index < -0.39 is 16.1 Å². The van der Waals surface area contributed by atoms with Gasteiger partial charge >= 0.3 is 0 Å². The molecule has 0 aliphatic carbocycles. The minimum atomic E-state index is -3.57. The summed E-state index contributed by atoms with van der Waals surface area (Å²) in [6, 6.07) is 10.8. The SMILES string of the molecule is CC[C@H](C(=O)NC)N(Cc1ccc(Cl)c(Cl)c1)C(=O)CCCN(c1ccc(Cl)cc1)S(C)(=O)=O. The minimum Gasteiger partial charge on any atom is -0.357 e. The molecule has 2 aromatic rings. The molecule has 0 aromatic heterocycles. The van der Waals surface area contributed by atoms with Crippen LogP contribution in [-0.4, -0.2) is 51.0 Å². The Kier molecular flexibility index (Phi) is 10.5. The molecule has 0 aliphatic rings. The van der Waals surface area contributed by atoms with Crippen molar-refractivity contribution in [2.24, 2.45) is 0 Å². The molecule has 0 fully saturated rings. The quantitative estimate of drug-likeness (QED) is 0.439. The van der Waals surface area contributed by atoms with E-state index in [0.29, 0.717) is 27.2 Å². The number of carbonyl (C=O) groups is 2. The predicted octanol–water partition coefficient (Wildman–Crippen LogP) is 4.75. The van der Waals surface area contributed by atoms with Gasteiger partial charge in [-0.1, -0.05) is 47.8 Å². The molecule has 1 N–H and O–H groups in total. The number of hydrogen-bond donors (Lipinski definition) is 1. The number of anilines is 1. The summed E-state index contributed by atoms with van der Waals surface area (Å²) >= 11 is 18.0. The van der Waals surface area contributed by atoms with Crippen molar-refractivity contribution in [1.82, 2.24) is 10.2 Å². The van der Waals surface area contributed by atoms with Crippen molar-refractivity contribution in [2.75, 3.05) is 24.2 Å². The Labute approximate surface area is 216 Å². The summed E-state index contributed by atoms with van der Waals surface area (Å²) < 4.78 is 25.9. The molecule has 0 heterocycles. The number of nitrogens with one attached hydrogen (secondary N) is 1. The first-order valence-corrected chi connectivity index (χ1v) is 13.6. The van der Waals surface area contributed by atoms with Crippen LogP contribution in [0.2, 0.25) is 15.1 Å². The van der Waals surface area contributed by atoms with E-state index in [-0.39, 0.29) is 37.7 Å². The van der Waals surface area contributed by atoms with Gasteiger partial charge in [-0.05, 0) is 54.8 Å². The van der Waals surface area contributed by atoms with Crippen molar-refractivity contribution in [3.8, 4) is 0 Å². The van der Waals surface area contributed by atoms with Crippen LogP contribution >= 0.6 is 34.8 Å². The predicted molar refractivity (Wildman–Crippen MR) is 138 cm³/mol. The van der Waals surface area contributed by atoms with Gasteiger partial charge in [-0.25, -0.2) is 8.42 Å². The van der Waals surface area contributed by atoms with Gasteiger partial charge in [-0.15, -0.1) is 0 Å². The monoisotopic (exact) mass is 547 g/mol. The number of amides is 2. The van der Waals surface area contributed by atoms with E-state index >= 15 is 0 Å². The molecule has 0 bridgehead atoms. The lowest BCUT2D eigenvalue weighted by Gasteiger charge is -2.31. The highest BCUT2D eigenvalue weighted by atomic mass is 35.5. The Bertz CT molecular complexity index is 1110. The third kappa shape index (κ3) is 7.77.